The van der Waals surface area contributed by atoms with E-state index in [2.05, 4.69) is 22.7 Å². The number of nitrogens with two attached hydrogens (primary N) is 1. The number of nitrogens with zero attached hydrogens (tertiary/aromatic N) is 1. The number of para-hydroxylation sites is 1. The lowest BCUT2D eigenvalue weighted by atomic mass is 10.0. The molecule has 4 N–H and O–H groups in total. The molecule has 1 aromatic heterocycles. The van der Waals surface area contributed by atoms with Crippen LogP contribution < -0.4 is 16.4 Å². The van der Waals surface area contributed by atoms with Crippen LogP contribution in [0.3, 0.4) is 0 Å². The molecule has 190 valence electrons. The van der Waals surface area contributed by atoms with Crippen LogP contribution in [-0.2, 0) is 0 Å². The molecule has 0 radical (unpaired) electrons. The van der Waals surface area contributed by atoms with Gasteiger partial charge in [0.2, 0.25) is 5.88 Å². The molecule has 6 heteroatoms. The molecule has 0 atom stereocenters. The fourth-order valence-electron chi connectivity index (χ4n) is 4.22. The van der Waals surface area contributed by atoms with E-state index in [9.17, 15) is 4.79 Å². The zero-order chi connectivity index (χ0) is 24.3. The Balaban J connectivity index is 1.44. The van der Waals surface area contributed by atoms with Crippen molar-refractivity contribution < 1.29 is 9.32 Å². The van der Waals surface area contributed by atoms with Gasteiger partial charge in [0, 0.05) is 12.2 Å². The summed E-state index contributed by atoms with van der Waals surface area (Å²) in [5, 5.41) is 9.75. The third kappa shape index (κ3) is 11.6. The predicted octanol–water partition coefficient (Wildman–Crippen LogP) is 7.99. The molecule has 0 aliphatic carbocycles. The molecule has 0 saturated carbocycles. The highest BCUT2D eigenvalue weighted by Crippen LogP contribution is 2.25. The number of rotatable bonds is 20. The number of hydrogen-bond donors (Lipinski definition) is 3. The van der Waals surface area contributed by atoms with E-state index in [-0.39, 0.29) is 23.2 Å². The molecule has 1 heterocycles. The smallest absolute Gasteiger partial charge is 0.260 e. The van der Waals surface area contributed by atoms with E-state index in [4.69, 9.17) is 10.3 Å². The Hall–Kier alpha value is -2.50. The summed E-state index contributed by atoms with van der Waals surface area (Å²) in [5.41, 5.74) is 6.93. The van der Waals surface area contributed by atoms with Crippen molar-refractivity contribution in [3.8, 4) is 0 Å². The fourth-order valence-corrected chi connectivity index (χ4v) is 4.22. The highest BCUT2D eigenvalue weighted by Gasteiger charge is 2.21. The molecule has 0 unspecified atom stereocenters. The van der Waals surface area contributed by atoms with Gasteiger partial charge in [-0.3, -0.25) is 4.79 Å². The Kier molecular flexibility index (Phi) is 14.6. The molecule has 0 saturated heterocycles. The van der Waals surface area contributed by atoms with Gasteiger partial charge >= 0.3 is 0 Å². The number of aromatic nitrogens is 1. The van der Waals surface area contributed by atoms with E-state index in [0.717, 1.165) is 18.5 Å². The van der Waals surface area contributed by atoms with E-state index in [1.165, 1.54) is 89.9 Å². The average Bonchev–Trinajstić information content (AvgIpc) is 3.21. The lowest BCUT2D eigenvalue weighted by molar-refractivity contribution is 0.0954. The maximum Gasteiger partial charge on any atom is 0.260 e. The number of nitrogens with one attached hydrogen (secondary N) is 2. The molecule has 34 heavy (non-hydrogen) atoms. The summed E-state index contributed by atoms with van der Waals surface area (Å²) < 4.78 is 5.21. The molecule has 1 aromatic carbocycles. The minimum Gasteiger partial charge on any atom is -0.380 e. The number of hydrogen-bond acceptors (Lipinski definition) is 5. The fraction of sp³-hybridized carbons (Fsp3) is 0.643. The summed E-state index contributed by atoms with van der Waals surface area (Å²) in [6.45, 7) is 2.91. The molecular formula is C28H46N4O2. The Morgan fingerprint density at radius 3 is 1.82 bits per heavy atom. The predicted molar refractivity (Wildman–Crippen MR) is 143 cm³/mol. The van der Waals surface area contributed by atoms with Crippen LogP contribution in [0.1, 0.15) is 120 Å². The second-order valence-electron chi connectivity index (χ2n) is 9.32. The van der Waals surface area contributed by atoms with Crippen LogP contribution >= 0.6 is 0 Å². The Morgan fingerprint density at radius 2 is 1.29 bits per heavy atom. The number of anilines is 3. The minimum atomic E-state index is -0.252. The number of carbonyl (C=O) groups excluding carboxylic acids is 1. The average molecular weight is 471 g/mol. The van der Waals surface area contributed by atoms with Gasteiger partial charge in [0.1, 0.15) is 5.56 Å². The number of unbranched alkanes of at least 4 members (excludes halogenated alkanes) is 15. The summed E-state index contributed by atoms with van der Waals surface area (Å²) >= 11 is 0. The molecular weight excluding hydrogens is 424 g/mol. The highest BCUT2D eigenvalue weighted by molar-refractivity contribution is 6.03. The first-order chi connectivity index (χ1) is 16.7. The molecule has 2 rings (SSSR count). The molecule has 0 spiro atoms. The van der Waals surface area contributed by atoms with Crippen LogP contribution in [-0.4, -0.2) is 17.6 Å². The molecule has 0 aliphatic heterocycles. The summed E-state index contributed by atoms with van der Waals surface area (Å²) in [6.07, 6.45) is 21.4. The maximum absolute atomic E-state index is 12.6. The standard InChI is InChI=1S/C28H46N4O2/c1-2-3-4-5-6-7-8-9-10-11-12-13-14-15-16-20-23-30-27(33)25-26(29)32-34-28(25)31-24-21-18-17-19-22-24/h17-19,21-22,31H,2-16,20,23H2,1H3,(H2,29,32)(H,30,33). The molecule has 0 fully saturated rings. The zero-order valence-electron chi connectivity index (χ0n) is 21.2. The van der Waals surface area contributed by atoms with Crippen LogP contribution in [0, 0.1) is 0 Å². The summed E-state index contributed by atoms with van der Waals surface area (Å²) in [6, 6.07) is 9.50. The second kappa shape index (κ2) is 17.9. The van der Waals surface area contributed by atoms with Crippen LogP contribution in [0.2, 0.25) is 0 Å². The Morgan fingerprint density at radius 1 is 0.794 bits per heavy atom. The number of benzene rings is 1. The molecule has 1 amide bonds. The van der Waals surface area contributed by atoms with Crippen molar-refractivity contribution in [3.05, 3.63) is 35.9 Å². The first-order valence-electron chi connectivity index (χ1n) is 13.6. The highest BCUT2D eigenvalue weighted by atomic mass is 16.5. The van der Waals surface area contributed by atoms with E-state index >= 15 is 0 Å². The number of carbonyl (C=O) groups is 1. The normalized spacial score (nSPS) is 11.0. The third-order valence-electron chi connectivity index (χ3n) is 6.29. The molecule has 6 nitrogen and oxygen atoms in total. The molecule has 2 aromatic rings. The van der Waals surface area contributed by atoms with Crippen LogP contribution in [0.4, 0.5) is 17.4 Å². The van der Waals surface area contributed by atoms with Gasteiger partial charge in [-0.05, 0) is 18.6 Å². The van der Waals surface area contributed by atoms with Gasteiger partial charge in [-0.1, -0.05) is 127 Å². The van der Waals surface area contributed by atoms with Gasteiger partial charge in [-0.2, -0.15) is 0 Å². The lowest BCUT2D eigenvalue weighted by Crippen LogP contribution is -2.25. The summed E-state index contributed by atoms with van der Waals surface area (Å²) in [4.78, 5) is 12.6. The Bertz CT molecular complexity index is 776. The van der Waals surface area contributed by atoms with Gasteiger partial charge in [0.05, 0.1) is 0 Å². The van der Waals surface area contributed by atoms with Crippen LogP contribution in [0.25, 0.3) is 0 Å². The topological polar surface area (TPSA) is 93.2 Å². The molecule has 0 aliphatic rings. The van der Waals surface area contributed by atoms with Crippen molar-refractivity contribution in [2.24, 2.45) is 0 Å². The van der Waals surface area contributed by atoms with E-state index in [1.807, 2.05) is 30.3 Å². The van der Waals surface area contributed by atoms with E-state index in [0.29, 0.717) is 6.54 Å². The number of nitrogen functional groups attached to an aromatic ring is 1. The zero-order valence-corrected chi connectivity index (χ0v) is 21.2. The quantitative estimate of drug-likeness (QED) is 0.170. The van der Waals surface area contributed by atoms with Gasteiger partial charge in [0.25, 0.3) is 5.91 Å². The van der Waals surface area contributed by atoms with Crippen molar-refractivity contribution in [2.45, 2.75) is 110 Å². The SMILES string of the molecule is CCCCCCCCCCCCCCCCCCNC(=O)c1c(N)noc1Nc1ccccc1. The summed E-state index contributed by atoms with van der Waals surface area (Å²) in [7, 11) is 0. The number of amides is 1. The van der Waals surface area contributed by atoms with Crippen LogP contribution in [0.5, 0.6) is 0 Å². The van der Waals surface area contributed by atoms with Crippen molar-refractivity contribution in [3.63, 3.8) is 0 Å². The first-order valence-corrected chi connectivity index (χ1v) is 13.6. The van der Waals surface area contributed by atoms with Gasteiger partial charge in [0.15, 0.2) is 5.82 Å². The monoisotopic (exact) mass is 470 g/mol. The minimum absolute atomic E-state index is 0.0999. The maximum atomic E-state index is 12.6. The first kappa shape index (κ1) is 27.7. The van der Waals surface area contributed by atoms with Crippen LogP contribution in [0.15, 0.2) is 34.9 Å². The van der Waals surface area contributed by atoms with E-state index < -0.39 is 0 Å². The van der Waals surface area contributed by atoms with Gasteiger partial charge in [-0.15, -0.1) is 0 Å². The van der Waals surface area contributed by atoms with E-state index in [1.54, 1.807) is 0 Å². The Labute approximate surface area is 206 Å². The van der Waals surface area contributed by atoms with Crippen molar-refractivity contribution in [1.82, 2.24) is 10.5 Å². The van der Waals surface area contributed by atoms with Crippen molar-refractivity contribution in [2.75, 3.05) is 17.6 Å². The molecule has 0 bridgehead atoms. The van der Waals surface area contributed by atoms with Crippen molar-refractivity contribution in [1.29, 1.82) is 0 Å². The largest absolute Gasteiger partial charge is 0.380 e. The van der Waals surface area contributed by atoms with Crippen molar-refractivity contribution >= 4 is 23.3 Å². The lowest BCUT2D eigenvalue weighted by Gasteiger charge is -2.07. The summed E-state index contributed by atoms with van der Waals surface area (Å²) in [5.74, 6) is 0.120. The second-order valence-corrected chi connectivity index (χ2v) is 9.32. The third-order valence-corrected chi connectivity index (χ3v) is 6.29. The van der Waals surface area contributed by atoms with Gasteiger partial charge < -0.3 is 20.9 Å². The van der Waals surface area contributed by atoms with Gasteiger partial charge in [-0.25, -0.2) is 0 Å².